The Morgan fingerprint density at radius 2 is 1.36 bits per heavy atom. The first-order chi connectivity index (χ1) is 13.4. The van der Waals surface area contributed by atoms with Crippen LogP contribution in [0.25, 0.3) is 0 Å². The lowest BCUT2D eigenvalue weighted by Crippen LogP contribution is -2.52. The van der Waals surface area contributed by atoms with Crippen LogP contribution in [-0.2, 0) is 4.79 Å². The summed E-state index contributed by atoms with van der Waals surface area (Å²) in [7, 11) is 7.81. The lowest BCUT2D eigenvalue weighted by Gasteiger charge is -2.43. The minimum atomic E-state index is 0.125. The number of rotatable bonds is 3. The zero-order chi connectivity index (χ0) is 20.3. The first kappa shape index (κ1) is 21.4. The maximum absolute atomic E-state index is 13.0. The summed E-state index contributed by atoms with van der Waals surface area (Å²) in [4.78, 5) is 35.7. The summed E-state index contributed by atoms with van der Waals surface area (Å²) < 4.78 is 0. The van der Waals surface area contributed by atoms with Crippen LogP contribution in [0.4, 0.5) is 4.79 Å². The summed E-state index contributed by atoms with van der Waals surface area (Å²) in [6.07, 6.45) is 6.25. The predicted molar refractivity (Wildman–Crippen MR) is 111 cm³/mol. The summed E-state index contributed by atoms with van der Waals surface area (Å²) in [5.74, 6) is 0.553. The Morgan fingerprint density at radius 3 is 1.89 bits per heavy atom. The lowest BCUT2D eigenvalue weighted by molar-refractivity contribution is -0.139. The molecule has 3 fully saturated rings. The molecule has 0 bridgehead atoms. The molecule has 3 amide bonds. The molecule has 3 saturated heterocycles. The van der Waals surface area contributed by atoms with Gasteiger partial charge in [0.15, 0.2) is 0 Å². The van der Waals surface area contributed by atoms with E-state index in [0.29, 0.717) is 18.0 Å². The first-order valence-corrected chi connectivity index (χ1v) is 11.0. The molecule has 7 nitrogen and oxygen atoms in total. The molecule has 0 radical (unpaired) electrons. The standard InChI is InChI=1S/C21H39N5O2/c1-22(2)21(28)26-15-9-19(10-16-26)25-13-5-17(6-14-25)20(27)24(4)18-7-11-23(3)12-8-18/h17-19H,5-16H2,1-4H3. The maximum atomic E-state index is 13.0. The van der Waals surface area contributed by atoms with Crippen LogP contribution in [0.15, 0.2) is 0 Å². The zero-order valence-corrected chi connectivity index (χ0v) is 18.3. The molecule has 0 aliphatic carbocycles. The van der Waals surface area contributed by atoms with Gasteiger partial charge in [-0.2, -0.15) is 0 Å². The van der Waals surface area contributed by atoms with Gasteiger partial charge in [-0.3, -0.25) is 4.79 Å². The van der Waals surface area contributed by atoms with Crippen molar-refractivity contribution in [3.63, 3.8) is 0 Å². The summed E-state index contributed by atoms with van der Waals surface area (Å²) in [5.41, 5.74) is 0. The van der Waals surface area contributed by atoms with Crippen molar-refractivity contribution in [2.75, 3.05) is 67.5 Å². The molecule has 160 valence electrons. The molecular weight excluding hydrogens is 354 g/mol. The third-order valence-electron chi connectivity index (χ3n) is 7.10. The van der Waals surface area contributed by atoms with Gasteiger partial charge in [-0.25, -0.2) is 4.79 Å². The van der Waals surface area contributed by atoms with Crippen molar-refractivity contribution >= 4 is 11.9 Å². The normalized spacial score (nSPS) is 24.4. The van der Waals surface area contributed by atoms with Crippen molar-refractivity contribution in [1.82, 2.24) is 24.5 Å². The molecule has 0 aromatic heterocycles. The van der Waals surface area contributed by atoms with Gasteiger partial charge in [0.25, 0.3) is 0 Å². The molecule has 28 heavy (non-hydrogen) atoms. The van der Waals surface area contributed by atoms with Crippen molar-refractivity contribution in [3.05, 3.63) is 0 Å². The number of urea groups is 1. The van der Waals surface area contributed by atoms with E-state index in [2.05, 4.69) is 21.7 Å². The average Bonchev–Trinajstić information content (AvgIpc) is 2.73. The number of amides is 3. The number of hydrogen-bond donors (Lipinski definition) is 0. The van der Waals surface area contributed by atoms with Crippen molar-refractivity contribution in [1.29, 1.82) is 0 Å². The van der Waals surface area contributed by atoms with Crippen LogP contribution >= 0.6 is 0 Å². The Hall–Kier alpha value is -1.34. The Bertz CT molecular complexity index is 531. The Labute approximate surface area is 170 Å². The monoisotopic (exact) mass is 393 g/mol. The van der Waals surface area contributed by atoms with Crippen LogP contribution in [0.5, 0.6) is 0 Å². The first-order valence-electron chi connectivity index (χ1n) is 11.0. The predicted octanol–water partition coefficient (Wildman–Crippen LogP) is 1.40. The van der Waals surface area contributed by atoms with E-state index in [9.17, 15) is 9.59 Å². The molecular formula is C21H39N5O2. The summed E-state index contributed by atoms with van der Waals surface area (Å²) in [5, 5.41) is 0. The van der Waals surface area contributed by atoms with Gasteiger partial charge in [-0.05, 0) is 71.8 Å². The van der Waals surface area contributed by atoms with Crippen LogP contribution < -0.4 is 0 Å². The second kappa shape index (κ2) is 9.44. The zero-order valence-electron chi connectivity index (χ0n) is 18.3. The quantitative estimate of drug-likeness (QED) is 0.727. The largest absolute Gasteiger partial charge is 0.342 e. The topological polar surface area (TPSA) is 50.3 Å². The highest BCUT2D eigenvalue weighted by molar-refractivity contribution is 5.79. The average molecular weight is 394 g/mol. The van der Waals surface area contributed by atoms with Crippen molar-refractivity contribution in [2.24, 2.45) is 5.92 Å². The van der Waals surface area contributed by atoms with Crippen LogP contribution in [0, 0.1) is 5.92 Å². The van der Waals surface area contributed by atoms with E-state index in [0.717, 1.165) is 77.8 Å². The van der Waals surface area contributed by atoms with E-state index < -0.39 is 0 Å². The molecule has 3 aliphatic rings. The van der Waals surface area contributed by atoms with E-state index in [1.54, 1.807) is 4.90 Å². The van der Waals surface area contributed by atoms with E-state index in [1.165, 1.54) is 0 Å². The molecule has 3 heterocycles. The van der Waals surface area contributed by atoms with Gasteiger partial charge in [0, 0.05) is 52.2 Å². The van der Waals surface area contributed by atoms with Gasteiger partial charge < -0.3 is 24.5 Å². The van der Waals surface area contributed by atoms with Crippen molar-refractivity contribution < 1.29 is 9.59 Å². The Morgan fingerprint density at radius 1 is 0.786 bits per heavy atom. The second-order valence-electron chi connectivity index (χ2n) is 9.19. The number of carbonyl (C=O) groups is 2. The Balaban J connectivity index is 1.42. The minimum Gasteiger partial charge on any atom is -0.342 e. The van der Waals surface area contributed by atoms with E-state index in [1.807, 2.05) is 26.0 Å². The SMILES string of the molecule is CN1CCC(N(C)C(=O)C2CCN(C3CCN(C(=O)N(C)C)CC3)CC2)CC1. The number of piperidine rings is 3. The van der Waals surface area contributed by atoms with Gasteiger partial charge in [-0.15, -0.1) is 0 Å². The molecule has 0 unspecified atom stereocenters. The van der Waals surface area contributed by atoms with Crippen LogP contribution in [-0.4, -0.2) is 116 Å². The van der Waals surface area contributed by atoms with Crippen LogP contribution in [0.1, 0.15) is 38.5 Å². The number of likely N-dealkylation sites (tertiary alicyclic amines) is 3. The molecule has 0 N–H and O–H groups in total. The van der Waals surface area contributed by atoms with Gasteiger partial charge in [0.05, 0.1) is 0 Å². The molecule has 7 heteroatoms. The fourth-order valence-corrected chi connectivity index (χ4v) is 5.07. The van der Waals surface area contributed by atoms with E-state index in [4.69, 9.17) is 0 Å². The maximum Gasteiger partial charge on any atom is 0.319 e. The molecule has 0 spiro atoms. The molecule has 0 aromatic rings. The highest BCUT2D eigenvalue weighted by atomic mass is 16.2. The van der Waals surface area contributed by atoms with Gasteiger partial charge in [0.1, 0.15) is 0 Å². The molecule has 0 saturated carbocycles. The number of carbonyl (C=O) groups excluding carboxylic acids is 2. The van der Waals surface area contributed by atoms with Crippen molar-refractivity contribution in [3.8, 4) is 0 Å². The molecule has 3 aliphatic heterocycles. The molecule has 0 atom stereocenters. The third kappa shape index (κ3) is 4.98. The highest BCUT2D eigenvalue weighted by Crippen LogP contribution is 2.26. The fourth-order valence-electron chi connectivity index (χ4n) is 5.07. The minimum absolute atomic E-state index is 0.125. The van der Waals surface area contributed by atoms with E-state index >= 15 is 0 Å². The van der Waals surface area contributed by atoms with Crippen LogP contribution in [0.3, 0.4) is 0 Å². The molecule has 0 aromatic carbocycles. The van der Waals surface area contributed by atoms with Gasteiger partial charge in [0.2, 0.25) is 5.91 Å². The second-order valence-corrected chi connectivity index (χ2v) is 9.19. The fraction of sp³-hybridized carbons (Fsp3) is 0.905. The van der Waals surface area contributed by atoms with Crippen LogP contribution in [0.2, 0.25) is 0 Å². The van der Waals surface area contributed by atoms with Gasteiger partial charge in [-0.1, -0.05) is 0 Å². The summed E-state index contributed by atoms with van der Waals surface area (Å²) in [6, 6.07) is 1.11. The summed E-state index contributed by atoms with van der Waals surface area (Å²) >= 11 is 0. The molecule has 3 rings (SSSR count). The Kier molecular flexibility index (Phi) is 7.20. The number of hydrogen-bond acceptors (Lipinski definition) is 4. The smallest absolute Gasteiger partial charge is 0.319 e. The highest BCUT2D eigenvalue weighted by Gasteiger charge is 2.34. The van der Waals surface area contributed by atoms with E-state index in [-0.39, 0.29) is 11.9 Å². The third-order valence-corrected chi connectivity index (χ3v) is 7.10. The van der Waals surface area contributed by atoms with Crippen molar-refractivity contribution in [2.45, 2.75) is 50.6 Å². The lowest BCUT2D eigenvalue weighted by atomic mass is 9.91. The summed E-state index contributed by atoms with van der Waals surface area (Å²) in [6.45, 7) is 5.91. The van der Waals surface area contributed by atoms with Gasteiger partial charge >= 0.3 is 6.03 Å². The number of nitrogens with zero attached hydrogens (tertiary/aromatic N) is 5.